The van der Waals surface area contributed by atoms with Crippen LogP contribution in [0.15, 0.2) is 48.8 Å². The van der Waals surface area contributed by atoms with Gasteiger partial charge in [-0.2, -0.15) is 0 Å². The first-order chi connectivity index (χ1) is 11.5. The Hall–Kier alpha value is -3.22. The van der Waals surface area contributed by atoms with E-state index in [1.807, 2.05) is 0 Å². The molecular weight excluding hydrogens is 321 g/mol. The van der Waals surface area contributed by atoms with E-state index in [1.54, 1.807) is 0 Å². The van der Waals surface area contributed by atoms with E-state index >= 15 is 0 Å². The summed E-state index contributed by atoms with van der Waals surface area (Å²) in [5, 5.41) is 9.41. The van der Waals surface area contributed by atoms with Gasteiger partial charge < -0.3 is 15.1 Å². The molecule has 0 radical (unpaired) electrons. The number of rotatable bonds is 1. The molecule has 0 spiro atoms. The molecule has 24 heavy (non-hydrogen) atoms. The number of halogens is 3. The zero-order chi connectivity index (χ0) is 17.3. The Bertz CT molecular complexity index is 1040. The van der Waals surface area contributed by atoms with Crippen LogP contribution in [0.2, 0.25) is 0 Å². The molecule has 0 aliphatic heterocycles. The van der Waals surface area contributed by atoms with Crippen molar-refractivity contribution in [1.29, 1.82) is 0 Å². The van der Waals surface area contributed by atoms with Crippen LogP contribution in [0.4, 0.5) is 13.2 Å². The van der Waals surface area contributed by atoms with Crippen molar-refractivity contribution in [2.75, 3.05) is 0 Å². The molecule has 7 heteroatoms. The predicted molar refractivity (Wildman–Crippen MR) is 83.4 cm³/mol. The summed E-state index contributed by atoms with van der Waals surface area (Å²) >= 11 is 0. The van der Waals surface area contributed by atoms with Gasteiger partial charge in [-0.1, -0.05) is 0 Å². The van der Waals surface area contributed by atoms with Crippen molar-refractivity contribution in [3.05, 3.63) is 71.8 Å². The number of H-pyrrole nitrogens is 2. The van der Waals surface area contributed by atoms with Crippen molar-refractivity contribution < 1.29 is 23.1 Å². The summed E-state index contributed by atoms with van der Waals surface area (Å²) in [6, 6.07) is 7.96. The van der Waals surface area contributed by atoms with Gasteiger partial charge in [-0.25, -0.2) is 18.0 Å². The third kappa shape index (κ3) is 2.96. The largest absolute Gasteiger partial charge is 0.478 e. The van der Waals surface area contributed by atoms with Gasteiger partial charge in [0.15, 0.2) is 0 Å². The van der Waals surface area contributed by atoms with Crippen LogP contribution in [-0.2, 0) is 0 Å². The van der Waals surface area contributed by atoms with Crippen molar-refractivity contribution in [2.45, 2.75) is 0 Å². The standard InChI is InChI=1S/C9H6FNO2.C8H5F2N/c10-5-1-2-8-6(3-5)7(4-11-8)9(12)13;9-5-1-2-8-6(3-5)7(10)4-11-8/h1-4,11H,(H,12,13);1-4,11H. The molecule has 0 unspecified atom stereocenters. The molecule has 4 aromatic rings. The van der Waals surface area contributed by atoms with Crippen molar-refractivity contribution in [2.24, 2.45) is 0 Å². The van der Waals surface area contributed by atoms with Crippen LogP contribution < -0.4 is 0 Å². The molecular formula is C17H11F3N2O2. The summed E-state index contributed by atoms with van der Waals surface area (Å²) in [6.07, 6.45) is 2.57. The summed E-state index contributed by atoms with van der Waals surface area (Å²) in [7, 11) is 0. The summed E-state index contributed by atoms with van der Waals surface area (Å²) in [6.45, 7) is 0. The fourth-order valence-electron chi connectivity index (χ4n) is 2.33. The Balaban J connectivity index is 0.000000143. The van der Waals surface area contributed by atoms with Crippen molar-refractivity contribution in [1.82, 2.24) is 9.97 Å². The fraction of sp³-hybridized carbons (Fsp3) is 0. The van der Waals surface area contributed by atoms with Crippen LogP contribution >= 0.6 is 0 Å². The molecule has 4 rings (SSSR count). The molecule has 0 saturated heterocycles. The monoisotopic (exact) mass is 332 g/mol. The minimum Gasteiger partial charge on any atom is -0.478 e. The quantitative estimate of drug-likeness (QED) is 0.482. The molecule has 0 aliphatic carbocycles. The molecule has 0 amide bonds. The molecule has 3 N–H and O–H groups in total. The normalized spacial score (nSPS) is 10.6. The smallest absolute Gasteiger partial charge is 0.337 e. The highest BCUT2D eigenvalue weighted by Crippen LogP contribution is 2.19. The van der Waals surface area contributed by atoms with Crippen LogP contribution in [0.1, 0.15) is 10.4 Å². The molecule has 2 aromatic heterocycles. The number of aromatic nitrogens is 2. The number of fused-ring (bicyclic) bond motifs is 2. The highest BCUT2D eigenvalue weighted by atomic mass is 19.1. The minimum atomic E-state index is -1.06. The number of carboxylic acid groups (broad SMARTS) is 1. The van der Waals surface area contributed by atoms with Gasteiger partial charge in [0.05, 0.1) is 5.56 Å². The summed E-state index contributed by atoms with van der Waals surface area (Å²) < 4.78 is 38.0. The Morgan fingerprint density at radius 3 is 2.00 bits per heavy atom. The lowest BCUT2D eigenvalue weighted by Crippen LogP contribution is -1.93. The number of hydrogen-bond donors (Lipinski definition) is 3. The van der Waals surface area contributed by atoms with Gasteiger partial charge >= 0.3 is 5.97 Å². The predicted octanol–water partition coefficient (Wildman–Crippen LogP) is 4.45. The molecule has 2 heterocycles. The zero-order valence-electron chi connectivity index (χ0n) is 12.1. The molecule has 0 bridgehead atoms. The molecule has 2 aromatic carbocycles. The van der Waals surface area contributed by atoms with Gasteiger partial charge in [-0.05, 0) is 36.4 Å². The van der Waals surface area contributed by atoms with Crippen LogP contribution in [0.5, 0.6) is 0 Å². The van der Waals surface area contributed by atoms with E-state index in [0.717, 1.165) is 0 Å². The molecule has 0 aliphatic rings. The highest BCUT2D eigenvalue weighted by molar-refractivity contribution is 6.03. The SMILES string of the molecule is Fc1ccc2[nH]cc(F)c2c1.O=C(O)c1c[nH]c2ccc(F)cc12. The van der Waals surface area contributed by atoms with E-state index in [2.05, 4.69) is 9.97 Å². The van der Waals surface area contributed by atoms with Crippen molar-refractivity contribution in [3.63, 3.8) is 0 Å². The maximum Gasteiger partial charge on any atom is 0.337 e. The second kappa shape index (κ2) is 6.11. The minimum absolute atomic E-state index is 0.0921. The van der Waals surface area contributed by atoms with Gasteiger partial charge in [0.25, 0.3) is 0 Å². The van der Waals surface area contributed by atoms with Crippen LogP contribution in [0, 0.1) is 17.5 Å². The summed E-state index contributed by atoms with van der Waals surface area (Å²) in [5.41, 5.74) is 1.33. The molecule has 0 atom stereocenters. The van der Waals surface area contributed by atoms with Gasteiger partial charge in [0.1, 0.15) is 17.5 Å². The molecule has 0 fully saturated rings. The van der Waals surface area contributed by atoms with Crippen LogP contribution in [0.3, 0.4) is 0 Å². The van der Waals surface area contributed by atoms with E-state index in [0.29, 0.717) is 21.8 Å². The van der Waals surface area contributed by atoms with E-state index in [-0.39, 0.29) is 5.56 Å². The third-order valence-electron chi connectivity index (χ3n) is 3.47. The number of aromatic amines is 2. The number of aromatic carboxylic acids is 1. The van der Waals surface area contributed by atoms with Gasteiger partial charge in [0.2, 0.25) is 0 Å². The lowest BCUT2D eigenvalue weighted by molar-refractivity contribution is 0.0699. The van der Waals surface area contributed by atoms with E-state index in [1.165, 1.54) is 48.8 Å². The van der Waals surface area contributed by atoms with E-state index in [9.17, 15) is 18.0 Å². The lowest BCUT2D eigenvalue weighted by Gasteiger charge is -1.91. The van der Waals surface area contributed by atoms with E-state index in [4.69, 9.17) is 5.11 Å². The Labute approximate surface area is 133 Å². The first kappa shape index (κ1) is 15.7. The Morgan fingerprint density at radius 2 is 1.38 bits per heavy atom. The van der Waals surface area contributed by atoms with Crippen LogP contribution in [-0.4, -0.2) is 21.0 Å². The average molecular weight is 332 g/mol. The second-order valence-electron chi connectivity index (χ2n) is 5.02. The average Bonchev–Trinajstić information content (AvgIpc) is 3.12. The molecule has 122 valence electrons. The second-order valence-corrected chi connectivity index (χ2v) is 5.02. The zero-order valence-corrected chi connectivity index (χ0v) is 12.1. The lowest BCUT2D eigenvalue weighted by atomic mass is 10.2. The van der Waals surface area contributed by atoms with Gasteiger partial charge in [-0.15, -0.1) is 0 Å². The van der Waals surface area contributed by atoms with Gasteiger partial charge in [0, 0.05) is 34.2 Å². The van der Waals surface area contributed by atoms with Crippen molar-refractivity contribution in [3.8, 4) is 0 Å². The Kier molecular flexibility index (Phi) is 3.99. The first-order valence-electron chi connectivity index (χ1n) is 6.88. The Morgan fingerprint density at radius 1 is 0.833 bits per heavy atom. The third-order valence-corrected chi connectivity index (χ3v) is 3.47. The maximum absolute atomic E-state index is 12.8. The number of carboxylic acids is 1. The van der Waals surface area contributed by atoms with E-state index < -0.39 is 23.4 Å². The first-order valence-corrected chi connectivity index (χ1v) is 6.88. The fourth-order valence-corrected chi connectivity index (χ4v) is 2.33. The summed E-state index contributed by atoms with van der Waals surface area (Å²) in [4.78, 5) is 16.1. The summed E-state index contributed by atoms with van der Waals surface area (Å²) in [5.74, 6) is -2.33. The molecule has 4 nitrogen and oxygen atoms in total. The number of nitrogens with one attached hydrogen (secondary N) is 2. The van der Waals surface area contributed by atoms with Gasteiger partial charge in [-0.3, -0.25) is 0 Å². The number of hydrogen-bond acceptors (Lipinski definition) is 1. The van der Waals surface area contributed by atoms with Crippen LogP contribution in [0.25, 0.3) is 21.8 Å². The topological polar surface area (TPSA) is 68.9 Å². The molecule has 0 saturated carbocycles. The van der Waals surface area contributed by atoms with Crippen molar-refractivity contribution >= 4 is 27.8 Å². The number of benzene rings is 2. The number of carbonyl (C=O) groups is 1. The highest BCUT2D eigenvalue weighted by Gasteiger charge is 2.10. The maximum atomic E-state index is 12.8.